The molecule has 1 rings (SSSR count). The smallest absolute Gasteiger partial charge is 0.212 e. The first-order chi connectivity index (χ1) is 8.47. The number of nitrogens with one attached hydrogen (secondary N) is 1. The summed E-state index contributed by atoms with van der Waals surface area (Å²) in [6.07, 6.45) is 2.68. The van der Waals surface area contributed by atoms with Crippen LogP contribution in [0.3, 0.4) is 0 Å². The molecular weight excluding hydrogens is 246 g/mol. The minimum Gasteiger partial charge on any atom is -0.212 e. The Kier molecular flexibility index (Phi) is 5.82. The molecule has 0 saturated carbocycles. The number of hydrogen-bond donors (Lipinski definition) is 1. The summed E-state index contributed by atoms with van der Waals surface area (Å²) < 4.78 is 27.0. The van der Waals surface area contributed by atoms with Gasteiger partial charge < -0.3 is 0 Å². The number of benzene rings is 1. The molecule has 4 heteroatoms. The van der Waals surface area contributed by atoms with Gasteiger partial charge in [-0.15, -0.1) is 0 Å². The average Bonchev–Trinajstić information content (AvgIpc) is 2.36. The predicted molar refractivity (Wildman–Crippen MR) is 75.9 cm³/mol. The summed E-state index contributed by atoms with van der Waals surface area (Å²) in [4.78, 5) is 0. The van der Waals surface area contributed by atoms with Gasteiger partial charge in [-0.1, -0.05) is 50.1 Å². The van der Waals surface area contributed by atoms with Gasteiger partial charge in [0.15, 0.2) is 0 Å². The molecule has 102 valence electrons. The highest BCUT2D eigenvalue weighted by Gasteiger charge is 2.22. The molecule has 0 saturated heterocycles. The van der Waals surface area contributed by atoms with E-state index in [0.717, 1.165) is 18.4 Å². The van der Waals surface area contributed by atoms with E-state index < -0.39 is 10.0 Å². The second kappa shape index (κ2) is 6.90. The maximum absolute atomic E-state index is 12.1. The van der Waals surface area contributed by atoms with Gasteiger partial charge in [0.25, 0.3) is 0 Å². The van der Waals surface area contributed by atoms with Crippen LogP contribution in [0, 0.1) is 0 Å². The Bertz CT molecular complexity index is 442. The first-order valence-corrected chi connectivity index (χ1v) is 8.08. The van der Waals surface area contributed by atoms with E-state index in [0.29, 0.717) is 6.42 Å². The Morgan fingerprint density at radius 3 is 2.33 bits per heavy atom. The number of sulfonamides is 1. The summed E-state index contributed by atoms with van der Waals surface area (Å²) >= 11 is 0. The van der Waals surface area contributed by atoms with Crippen molar-refractivity contribution in [3.05, 3.63) is 35.9 Å². The largest absolute Gasteiger partial charge is 0.214 e. The standard InChI is InChI=1S/C14H23NO2S/c1-4-5-9-12(2)18(16,17)15-13(3)14-10-7-6-8-11-14/h6-8,10-13,15H,4-5,9H2,1-3H3/t12-,13-/m1/s1. The van der Waals surface area contributed by atoms with Crippen LogP contribution in [0.25, 0.3) is 0 Å². The molecular formula is C14H23NO2S. The molecule has 3 nitrogen and oxygen atoms in total. The van der Waals surface area contributed by atoms with Crippen LogP contribution in [0.1, 0.15) is 51.6 Å². The Morgan fingerprint density at radius 2 is 1.78 bits per heavy atom. The third-order valence-corrected chi connectivity index (χ3v) is 5.11. The predicted octanol–water partition coefficient (Wildman–Crippen LogP) is 3.25. The number of unbranched alkanes of at least 4 members (excludes halogenated alkanes) is 1. The van der Waals surface area contributed by atoms with E-state index in [4.69, 9.17) is 0 Å². The van der Waals surface area contributed by atoms with Gasteiger partial charge in [-0.3, -0.25) is 0 Å². The summed E-state index contributed by atoms with van der Waals surface area (Å²) in [5.41, 5.74) is 0.990. The van der Waals surface area contributed by atoms with E-state index in [1.165, 1.54) is 0 Å². The van der Waals surface area contributed by atoms with Crippen molar-refractivity contribution in [1.82, 2.24) is 4.72 Å². The first-order valence-electron chi connectivity index (χ1n) is 6.53. The molecule has 0 aliphatic carbocycles. The molecule has 18 heavy (non-hydrogen) atoms. The molecule has 0 spiro atoms. The van der Waals surface area contributed by atoms with Crippen molar-refractivity contribution >= 4 is 10.0 Å². The minimum absolute atomic E-state index is 0.180. The zero-order valence-corrected chi connectivity index (χ0v) is 12.2. The molecule has 0 aromatic heterocycles. The van der Waals surface area contributed by atoms with Crippen LogP contribution in [-0.2, 0) is 10.0 Å². The number of rotatable bonds is 7. The monoisotopic (exact) mass is 269 g/mol. The highest BCUT2D eigenvalue weighted by molar-refractivity contribution is 7.90. The molecule has 0 fully saturated rings. The van der Waals surface area contributed by atoms with E-state index >= 15 is 0 Å². The molecule has 0 aliphatic heterocycles. The SMILES string of the molecule is CCCC[C@@H](C)S(=O)(=O)N[C@H](C)c1ccccc1. The summed E-state index contributed by atoms with van der Waals surface area (Å²) in [7, 11) is -3.23. The van der Waals surface area contributed by atoms with Crippen molar-refractivity contribution in [3.8, 4) is 0 Å². The van der Waals surface area contributed by atoms with E-state index in [1.54, 1.807) is 6.92 Å². The molecule has 1 aromatic rings. The lowest BCUT2D eigenvalue weighted by Crippen LogP contribution is -2.34. The Labute approximate surface area is 111 Å². The zero-order valence-electron chi connectivity index (χ0n) is 11.4. The Balaban J connectivity index is 2.65. The highest BCUT2D eigenvalue weighted by atomic mass is 32.2. The molecule has 0 aliphatic rings. The van der Waals surface area contributed by atoms with E-state index in [9.17, 15) is 8.42 Å². The fourth-order valence-electron chi connectivity index (χ4n) is 1.82. The highest BCUT2D eigenvalue weighted by Crippen LogP contribution is 2.16. The summed E-state index contributed by atoms with van der Waals surface area (Å²) in [6, 6.07) is 9.45. The zero-order chi connectivity index (χ0) is 13.6. The van der Waals surface area contributed by atoms with Crippen LogP contribution >= 0.6 is 0 Å². The fraction of sp³-hybridized carbons (Fsp3) is 0.571. The molecule has 0 radical (unpaired) electrons. The van der Waals surface area contributed by atoms with Crippen LogP contribution in [-0.4, -0.2) is 13.7 Å². The van der Waals surface area contributed by atoms with E-state index in [1.807, 2.05) is 37.3 Å². The second-order valence-electron chi connectivity index (χ2n) is 4.75. The molecule has 1 N–H and O–H groups in total. The van der Waals surface area contributed by atoms with Gasteiger partial charge in [0, 0.05) is 6.04 Å². The second-order valence-corrected chi connectivity index (χ2v) is 6.88. The van der Waals surface area contributed by atoms with Gasteiger partial charge in [-0.2, -0.15) is 0 Å². The van der Waals surface area contributed by atoms with Gasteiger partial charge >= 0.3 is 0 Å². The molecule has 1 aromatic carbocycles. The van der Waals surface area contributed by atoms with Crippen LogP contribution < -0.4 is 4.72 Å². The minimum atomic E-state index is -3.23. The lowest BCUT2D eigenvalue weighted by molar-refractivity contribution is 0.544. The number of hydrogen-bond acceptors (Lipinski definition) is 2. The summed E-state index contributed by atoms with van der Waals surface area (Å²) in [5.74, 6) is 0. The van der Waals surface area contributed by atoms with Crippen LogP contribution in [0.4, 0.5) is 0 Å². The van der Waals surface area contributed by atoms with Crippen molar-refractivity contribution in [2.75, 3.05) is 0 Å². The van der Waals surface area contributed by atoms with Crippen LogP contribution in [0.5, 0.6) is 0 Å². The topological polar surface area (TPSA) is 46.2 Å². The molecule has 0 unspecified atom stereocenters. The van der Waals surface area contributed by atoms with Gasteiger partial charge in [0.2, 0.25) is 10.0 Å². The lowest BCUT2D eigenvalue weighted by atomic mass is 10.1. The Morgan fingerprint density at radius 1 is 1.17 bits per heavy atom. The Hall–Kier alpha value is -0.870. The molecule has 2 atom stereocenters. The van der Waals surface area contributed by atoms with Gasteiger partial charge in [-0.05, 0) is 25.8 Å². The van der Waals surface area contributed by atoms with E-state index in [2.05, 4.69) is 11.6 Å². The van der Waals surface area contributed by atoms with Crippen LogP contribution in [0.15, 0.2) is 30.3 Å². The molecule has 0 bridgehead atoms. The van der Waals surface area contributed by atoms with Crippen LogP contribution in [0.2, 0.25) is 0 Å². The summed E-state index contributed by atoms with van der Waals surface area (Å²) in [5, 5.41) is -0.330. The third-order valence-electron chi connectivity index (χ3n) is 3.13. The maximum Gasteiger partial charge on any atom is 0.214 e. The van der Waals surface area contributed by atoms with Gasteiger partial charge in [0.1, 0.15) is 0 Å². The van der Waals surface area contributed by atoms with Crippen molar-refractivity contribution in [2.45, 2.75) is 51.3 Å². The molecule has 0 amide bonds. The molecule has 0 heterocycles. The lowest BCUT2D eigenvalue weighted by Gasteiger charge is -2.18. The van der Waals surface area contributed by atoms with E-state index in [-0.39, 0.29) is 11.3 Å². The fourth-order valence-corrected chi connectivity index (χ4v) is 3.16. The van der Waals surface area contributed by atoms with Crippen molar-refractivity contribution in [2.24, 2.45) is 0 Å². The van der Waals surface area contributed by atoms with Gasteiger partial charge in [-0.25, -0.2) is 13.1 Å². The quantitative estimate of drug-likeness (QED) is 0.826. The van der Waals surface area contributed by atoms with Gasteiger partial charge in [0.05, 0.1) is 5.25 Å². The third kappa shape index (κ3) is 4.42. The van der Waals surface area contributed by atoms with Crippen molar-refractivity contribution in [1.29, 1.82) is 0 Å². The average molecular weight is 269 g/mol. The maximum atomic E-state index is 12.1. The normalized spacial score (nSPS) is 15.3. The first kappa shape index (κ1) is 15.2. The summed E-state index contributed by atoms with van der Waals surface area (Å²) in [6.45, 7) is 5.72. The van der Waals surface area contributed by atoms with Crippen molar-refractivity contribution < 1.29 is 8.42 Å². The van der Waals surface area contributed by atoms with Crippen molar-refractivity contribution in [3.63, 3.8) is 0 Å².